The molecule has 0 radical (unpaired) electrons. The summed E-state index contributed by atoms with van der Waals surface area (Å²) in [5.74, 6) is 1.48. The minimum absolute atomic E-state index is 0.265. The fourth-order valence-electron chi connectivity index (χ4n) is 8.30. The van der Waals surface area contributed by atoms with Crippen molar-refractivity contribution in [3.8, 4) is 33.8 Å². The molecule has 0 saturated carbocycles. The molecule has 8 aromatic rings. The van der Waals surface area contributed by atoms with E-state index in [1.54, 1.807) is 0 Å². The molecule has 2 nitrogen and oxygen atoms in total. The van der Waals surface area contributed by atoms with Crippen molar-refractivity contribution in [2.75, 3.05) is 4.90 Å². The summed E-state index contributed by atoms with van der Waals surface area (Å²) in [5.41, 5.74) is 11.5. The Morgan fingerprint density at radius 1 is 0.460 bits per heavy atom. The highest BCUT2D eigenvalue weighted by Gasteiger charge is 2.52. The molecule has 0 fully saturated rings. The number of hydrogen-bond acceptors (Lipinski definition) is 2. The third-order valence-corrected chi connectivity index (χ3v) is 10.4. The van der Waals surface area contributed by atoms with Gasteiger partial charge in [-0.2, -0.15) is 0 Å². The topological polar surface area (TPSA) is 12.5 Å². The fourth-order valence-corrected chi connectivity index (χ4v) is 8.30. The summed E-state index contributed by atoms with van der Waals surface area (Å²) >= 11 is 0. The van der Waals surface area contributed by atoms with Crippen molar-refractivity contribution in [1.29, 1.82) is 0 Å². The van der Waals surface area contributed by atoms with E-state index < -0.39 is 5.41 Å². The molecule has 0 amide bonds. The van der Waals surface area contributed by atoms with Crippen molar-refractivity contribution in [2.24, 2.45) is 0 Å². The van der Waals surface area contributed by atoms with Gasteiger partial charge in [-0.05, 0) is 81.7 Å². The Labute approximate surface area is 290 Å². The van der Waals surface area contributed by atoms with Crippen molar-refractivity contribution in [3.63, 3.8) is 0 Å². The molecule has 1 aliphatic carbocycles. The number of fused-ring (bicyclic) bond motifs is 11. The predicted octanol–water partition coefficient (Wildman–Crippen LogP) is 12.6. The van der Waals surface area contributed by atoms with Crippen molar-refractivity contribution < 1.29 is 9.13 Å². The third kappa shape index (κ3) is 4.07. The summed E-state index contributed by atoms with van der Waals surface area (Å²) < 4.78 is 21.2. The lowest BCUT2D eigenvalue weighted by atomic mass is 9.65. The van der Waals surface area contributed by atoms with Gasteiger partial charge in [-0.15, -0.1) is 0 Å². The molecule has 1 atom stereocenters. The van der Waals surface area contributed by atoms with Gasteiger partial charge in [-0.1, -0.05) is 133 Å². The fraction of sp³-hybridized carbons (Fsp3) is 0.0213. The minimum atomic E-state index is -0.623. The Balaban J connectivity index is 1.27. The van der Waals surface area contributed by atoms with Gasteiger partial charge in [0.2, 0.25) is 0 Å². The predicted molar refractivity (Wildman–Crippen MR) is 201 cm³/mol. The molecule has 1 aliphatic heterocycles. The zero-order valence-electron chi connectivity index (χ0n) is 27.1. The number of nitrogens with zero attached hydrogens (tertiary/aromatic N) is 1. The van der Waals surface area contributed by atoms with Gasteiger partial charge in [0.25, 0.3) is 0 Å². The molecule has 10 rings (SSSR count). The highest BCUT2D eigenvalue weighted by molar-refractivity contribution is 6.00. The van der Waals surface area contributed by atoms with Crippen molar-refractivity contribution in [3.05, 3.63) is 210 Å². The quantitative estimate of drug-likeness (QED) is 0.189. The molecule has 2 aliphatic rings. The number of halogens is 1. The molecular formula is C47H30FNO. The van der Waals surface area contributed by atoms with E-state index in [2.05, 4.69) is 157 Å². The van der Waals surface area contributed by atoms with Crippen LogP contribution in [-0.4, -0.2) is 0 Å². The molecule has 236 valence electrons. The number of rotatable bonds is 4. The number of hydrogen-bond donors (Lipinski definition) is 0. The van der Waals surface area contributed by atoms with Crippen LogP contribution in [0.25, 0.3) is 33.0 Å². The third-order valence-electron chi connectivity index (χ3n) is 10.4. The van der Waals surface area contributed by atoms with Crippen LogP contribution in [-0.2, 0) is 5.41 Å². The first-order valence-electron chi connectivity index (χ1n) is 17.0. The highest BCUT2D eigenvalue weighted by Crippen LogP contribution is 2.64. The Morgan fingerprint density at radius 2 is 1.10 bits per heavy atom. The summed E-state index contributed by atoms with van der Waals surface area (Å²) in [4.78, 5) is 2.26. The summed E-state index contributed by atoms with van der Waals surface area (Å²) in [6.45, 7) is 0. The first kappa shape index (κ1) is 28.6. The van der Waals surface area contributed by atoms with Crippen LogP contribution in [0, 0.1) is 5.82 Å². The van der Waals surface area contributed by atoms with E-state index in [-0.39, 0.29) is 5.82 Å². The van der Waals surface area contributed by atoms with E-state index in [0.29, 0.717) is 0 Å². The van der Waals surface area contributed by atoms with Gasteiger partial charge < -0.3 is 9.64 Å². The molecule has 0 N–H and O–H groups in total. The number of para-hydroxylation sites is 1. The summed E-state index contributed by atoms with van der Waals surface area (Å²) in [6.07, 6.45) is 0. The Bertz CT molecular complexity index is 2580. The van der Waals surface area contributed by atoms with E-state index in [0.717, 1.165) is 67.2 Å². The van der Waals surface area contributed by atoms with E-state index in [9.17, 15) is 4.39 Å². The second-order valence-electron chi connectivity index (χ2n) is 13.0. The Kier molecular flexibility index (Phi) is 6.31. The standard InChI is InChI=1S/C47H30FNO/c48-34-24-28-36(29-25-34)49(35-26-21-32(22-27-35)31-11-2-1-3-12-31)43-19-10-18-41-45(43)38-15-6-7-16-39(38)47(41)40-17-8-9-20-44(40)50-46-37-14-5-4-13-33(37)23-30-42(46)47/h1-30H. The maximum absolute atomic E-state index is 14.4. The second-order valence-corrected chi connectivity index (χ2v) is 13.0. The highest BCUT2D eigenvalue weighted by atomic mass is 19.1. The van der Waals surface area contributed by atoms with Crippen molar-refractivity contribution in [1.82, 2.24) is 0 Å². The smallest absolute Gasteiger partial charge is 0.140 e. The molecule has 0 bridgehead atoms. The normalized spacial score (nSPS) is 15.1. The zero-order chi connectivity index (χ0) is 33.2. The molecule has 8 aromatic carbocycles. The van der Waals surface area contributed by atoms with Crippen LogP contribution in [0.15, 0.2) is 182 Å². The first-order valence-corrected chi connectivity index (χ1v) is 17.0. The van der Waals surface area contributed by atoms with Crippen LogP contribution in [0.3, 0.4) is 0 Å². The SMILES string of the molecule is Fc1ccc(N(c2ccc(-c3ccccc3)cc2)c2cccc3c2-c2ccccc2C32c3ccccc3Oc3c2ccc2ccccc32)cc1. The van der Waals surface area contributed by atoms with Crippen LogP contribution in [0.2, 0.25) is 0 Å². The minimum Gasteiger partial charge on any atom is -0.456 e. The first-order chi connectivity index (χ1) is 24.7. The average molecular weight is 644 g/mol. The zero-order valence-corrected chi connectivity index (χ0v) is 27.1. The molecule has 3 heteroatoms. The molecular weight excluding hydrogens is 614 g/mol. The number of ether oxygens (including phenoxy) is 1. The largest absolute Gasteiger partial charge is 0.456 e. The molecule has 50 heavy (non-hydrogen) atoms. The van der Waals surface area contributed by atoms with Crippen molar-refractivity contribution in [2.45, 2.75) is 5.41 Å². The van der Waals surface area contributed by atoms with Gasteiger partial charge in [0.15, 0.2) is 0 Å². The Hall–Kier alpha value is -6.45. The van der Waals surface area contributed by atoms with Gasteiger partial charge in [0, 0.05) is 33.5 Å². The van der Waals surface area contributed by atoms with Gasteiger partial charge >= 0.3 is 0 Å². The lowest BCUT2D eigenvalue weighted by Gasteiger charge is -2.40. The molecule has 0 saturated heterocycles. The van der Waals surface area contributed by atoms with Crippen LogP contribution in [0.4, 0.5) is 21.5 Å². The molecule has 1 heterocycles. The van der Waals surface area contributed by atoms with Gasteiger partial charge in [0.1, 0.15) is 17.3 Å². The van der Waals surface area contributed by atoms with E-state index in [4.69, 9.17) is 4.74 Å². The van der Waals surface area contributed by atoms with Crippen LogP contribution >= 0.6 is 0 Å². The molecule has 1 unspecified atom stereocenters. The second kappa shape index (κ2) is 11.0. The lowest BCUT2D eigenvalue weighted by Crippen LogP contribution is -2.32. The van der Waals surface area contributed by atoms with E-state index in [1.165, 1.54) is 28.8 Å². The summed E-state index contributed by atoms with van der Waals surface area (Å²) in [7, 11) is 0. The van der Waals surface area contributed by atoms with Crippen LogP contribution in [0.5, 0.6) is 11.5 Å². The van der Waals surface area contributed by atoms with Gasteiger partial charge in [-0.3, -0.25) is 0 Å². The summed E-state index contributed by atoms with van der Waals surface area (Å²) in [5, 5.41) is 2.23. The number of anilines is 3. The van der Waals surface area contributed by atoms with Crippen LogP contribution < -0.4 is 9.64 Å². The monoisotopic (exact) mass is 643 g/mol. The molecule has 0 aromatic heterocycles. The van der Waals surface area contributed by atoms with E-state index in [1.807, 2.05) is 18.2 Å². The number of benzene rings is 8. The van der Waals surface area contributed by atoms with E-state index >= 15 is 0 Å². The van der Waals surface area contributed by atoms with Crippen LogP contribution in [0.1, 0.15) is 22.3 Å². The maximum Gasteiger partial charge on any atom is 0.140 e. The van der Waals surface area contributed by atoms with Gasteiger partial charge in [-0.25, -0.2) is 4.39 Å². The van der Waals surface area contributed by atoms with Gasteiger partial charge in [0.05, 0.1) is 11.1 Å². The Morgan fingerprint density at radius 3 is 1.92 bits per heavy atom. The summed E-state index contributed by atoms with van der Waals surface area (Å²) in [6, 6.07) is 62.7. The molecule has 1 spiro atoms. The maximum atomic E-state index is 14.4. The average Bonchev–Trinajstić information content (AvgIpc) is 3.47. The van der Waals surface area contributed by atoms with Crippen molar-refractivity contribution >= 4 is 27.8 Å². The lowest BCUT2D eigenvalue weighted by molar-refractivity contribution is 0.441.